The van der Waals surface area contributed by atoms with Gasteiger partial charge in [-0.15, -0.1) is 0 Å². The summed E-state index contributed by atoms with van der Waals surface area (Å²) in [5, 5.41) is 22.2. The fourth-order valence-corrected chi connectivity index (χ4v) is 3.07. The van der Waals surface area contributed by atoms with Gasteiger partial charge in [0, 0.05) is 12.8 Å². The van der Waals surface area contributed by atoms with Crippen LogP contribution >= 0.6 is 11.6 Å². The van der Waals surface area contributed by atoms with Gasteiger partial charge in [0.05, 0.1) is 10.6 Å². The second-order valence-corrected chi connectivity index (χ2v) is 6.01. The number of aliphatic carboxylic acids is 1. The number of para-hydroxylation sites is 1. The normalized spacial score (nSPS) is 15.0. The number of carbonyl (C=O) groups is 2. The molecular formula is C17H14ClNO4. The highest BCUT2D eigenvalue weighted by Gasteiger charge is 2.45. The van der Waals surface area contributed by atoms with Gasteiger partial charge in [0.25, 0.3) is 5.91 Å². The first kappa shape index (κ1) is 15.4. The van der Waals surface area contributed by atoms with Gasteiger partial charge in [-0.25, -0.2) is 4.79 Å². The molecule has 1 amide bonds. The van der Waals surface area contributed by atoms with Gasteiger partial charge in [0.1, 0.15) is 11.3 Å². The fraction of sp³-hybridized carbons (Fsp3) is 0.176. The molecule has 0 heterocycles. The Morgan fingerprint density at radius 1 is 1.04 bits per heavy atom. The Morgan fingerprint density at radius 2 is 1.65 bits per heavy atom. The van der Waals surface area contributed by atoms with Gasteiger partial charge in [-0.2, -0.15) is 0 Å². The molecule has 0 aliphatic heterocycles. The van der Waals surface area contributed by atoms with Crippen molar-refractivity contribution >= 4 is 23.5 Å². The molecule has 2 aromatic rings. The summed E-state index contributed by atoms with van der Waals surface area (Å²) >= 11 is 5.80. The van der Waals surface area contributed by atoms with Crippen LogP contribution in [0.4, 0.5) is 0 Å². The Balaban J connectivity index is 1.92. The van der Waals surface area contributed by atoms with E-state index in [1.165, 1.54) is 18.2 Å². The Bertz CT molecular complexity index is 778. The number of nitrogens with one attached hydrogen (secondary N) is 1. The molecule has 1 aliphatic rings. The number of benzene rings is 2. The van der Waals surface area contributed by atoms with Crippen LogP contribution in [0.25, 0.3) is 0 Å². The average molecular weight is 332 g/mol. The summed E-state index contributed by atoms with van der Waals surface area (Å²) in [7, 11) is 0. The number of fused-ring (bicyclic) bond motifs is 1. The van der Waals surface area contributed by atoms with E-state index in [0.717, 1.165) is 11.1 Å². The lowest BCUT2D eigenvalue weighted by molar-refractivity contribution is -0.144. The average Bonchev–Trinajstić information content (AvgIpc) is 2.89. The number of hydrogen-bond acceptors (Lipinski definition) is 3. The molecule has 23 heavy (non-hydrogen) atoms. The maximum Gasteiger partial charge on any atom is 0.330 e. The van der Waals surface area contributed by atoms with E-state index < -0.39 is 17.4 Å². The first-order valence-corrected chi connectivity index (χ1v) is 7.41. The number of hydrogen-bond donors (Lipinski definition) is 3. The Kier molecular flexibility index (Phi) is 3.74. The van der Waals surface area contributed by atoms with E-state index >= 15 is 0 Å². The van der Waals surface area contributed by atoms with Crippen LogP contribution in [0.5, 0.6) is 5.75 Å². The third kappa shape index (κ3) is 2.64. The monoisotopic (exact) mass is 331 g/mol. The van der Waals surface area contributed by atoms with Crippen LogP contribution in [0.15, 0.2) is 42.5 Å². The third-order valence-corrected chi connectivity index (χ3v) is 4.40. The van der Waals surface area contributed by atoms with Crippen molar-refractivity contribution in [2.45, 2.75) is 18.4 Å². The van der Waals surface area contributed by atoms with Crippen molar-refractivity contribution in [3.05, 3.63) is 64.2 Å². The minimum Gasteiger partial charge on any atom is -0.506 e. The molecule has 2 aromatic carbocycles. The summed E-state index contributed by atoms with van der Waals surface area (Å²) < 4.78 is 0. The zero-order valence-electron chi connectivity index (χ0n) is 12.0. The van der Waals surface area contributed by atoms with Crippen molar-refractivity contribution in [2.24, 2.45) is 0 Å². The third-order valence-electron chi connectivity index (χ3n) is 4.10. The van der Waals surface area contributed by atoms with E-state index in [-0.39, 0.29) is 29.2 Å². The first-order chi connectivity index (χ1) is 10.9. The molecule has 0 fully saturated rings. The van der Waals surface area contributed by atoms with Gasteiger partial charge < -0.3 is 15.5 Å². The van der Waals surface area contributed by atoms with Gasteiger partial charge in [-0.05, 0) is 23.3 Å². The number of carboxylic acid groups (broad SMARTS) is 1. The van der Waals surface area contributed by atoms with Crippen LogP contribution in [0.1, 0.15) is 21.5 Å². The van der Waals surface area contributed by atoms with Crippen LogP contribution in [0, 0.1) is 0 Å². The van der Waals surface area contributed by atoms with Gasteiger partial charge in [-0.3, -0.25) is 4.79 Å². The van der Waals surface area contributed by atoms with Crippen molar-refractivity contribution in [1.82, 2.24) is 5.32 Å². The molecule has 5 nitrogen and oxygen atoms in total. The lowest BCUT2D eigenvalue weighted by Gasteiger charge is -2.25. The summed E-state index contributed by atoms with van der Waals surface area (Å²) in [5.41, 5.74) is 0.320. The second kappa shape index (κ2) is 5.59. The minimum atomic E-state index is -1.42. The summed E-state index contributed by atoms with van der Waals surface area (Å²) in [5.74, 6) is -2.13. The van der Waals surface area contributed by atoms with Gasteiger partial charge in [0.2, 0.25) is 0 Å². The largest absolute Gasteiger partial charge is 0.506 e. The SMILES string of the molecule is O=C(NC1(C(=O)O)Cc2ccccc2C1)c1cccc(Cl)c1O. The number of aromatic hydroxyl groups is 1. The maximum absolute atomic E-state index is 12.4. The van der Waals surface area contributed by atoms with Crippen LogP contribution in [-0.2, 0) is 17.6 Å². The maximum atomic E-state index is 12.4. The lowest BCUT2D eigenvalue weighted by atomic mass is 9.95. The van der Waals surface area contributed by atoms with E-state index in [4.69, 9.17) is 11.6 Å². The minimum absolute atomic E-state index is 0.0386. The molecule has 1 aliphatic carbocycles. The number of carbonyl (C=O) groups excluding carboxylic acids is 1. The molecule has 0 saturated carbocycles. The summed E-state index contributed by atoms with van der Waals surface area (Å²) in [4.78, 5) is 24.2. The highest BCUT2D eigenvalue weighted by atomic mass is 35.5. The number of halogens is 1. The van der Waals surface area contributed by atoms with Gasteiger partial charge in [-0.1, -0.05) is 41.9 Å². The van der Waals surface area contributed by atoms with Crippen molar-refractivity contribution < 1.29 is 19.8 Å². The molecule has 0 aromatic heterocycles. The predicted molar refractivity (Wildman–Crippen MR) is 84.8 cm³/mol. The number of phenols is 1. The summed E-state index contributed by atoms with van der Waals surface area (Å²) in [6, 6.07) is 11.7. The van der Waals surface area contributed by atoms with Crippen molar-refractivity contribution in [3.63, 3.8) is 0 Å². The molecule has 0 spiro atoms. The zero-order chi connectivity index (χ0) is 16.6. The van der Waals surface area contributed by atoms with E-state index in [1.54, 1.807) is 0 Å². The predicted octanol–water partition coefficient (Wildman–Crippen LogP) is 2.40. The molecule has 0 radical (unpaired) electrons. The van der Waals surface area contributed by atoms with Gasteiger partial charge >= 0.3 is 5.97 Å². The van der Waals surface area contributed by atoms with Crippen LogP contribution < -0.4 is 5.32 Å². The highest BCUT2D eigenvalue weighted by Crippen LogP contribution is 2.32. The molecule has 6 heteroatoms. The Labute approximate surface area is 137 Å². The number of amides is 1. The van der Waals surface area contributed by atoms with Gasteiger partial charge in [0.15, 0.2) is 0 Å². The van der Waals surface area contributed by atoms with Crippen LogP contribution in [0.3, 0.4) is 0 Å². The van der Waals surface area contributed by atoms with E-state index in [9.17, 15) is 19.8 Å². The Hall–Kier alpha value is -2.53. The number of phenolic OH excluding ortho intramolecular Hbond substituents is 1. The van der Waals surface area contributed by atoms with E-state index in [0.29, 0.717) is 0 Å². The van der Waals surface area contributed by atoms with Crippen LogP contribution in [-0.4, -0.2) is 27.6 Å². The first-order valence-electron chi connectivity index (χ1n) is 7.03. The summed E-state index contributed by atoms with van der Waals surface area (Å²) in [6.07, 6.45) is 0.400. The number of rotatable bonds is 3. The lowest BCUT2D eigenvalue weighted by Crippen LogP contribution is -2.55. The van der Waals surface area contributed by atoms with E-state index in [1.807, 2.05) is 24.3 Å². The second-order valence-electron chi connectivity index (χ2n) is 5.60. The highest BCUT2D eigenvalue weighted by molar-refractivity contribution is 6.32. The Morgan fingerprint density at radius 3 is 2.22 bits per heavy atom. The van der Waals surface area contributed by atoms with E-state index in [2.05, 4.69) is 5.32 Å². The quantitative estimate of drug-likeness (QED) is 0.806. The molecule has 0 bridgehead atoms. The topological polar surface area (TPSA) is 86.6 Å². The number of carboxylic acids is 1. The molecule has 0 saturated heterocycles. The van der Waals surface area contributed by atoms with Crippen molar-refractivity contribution in [3.8, 4) is 5.75 Å². The fourth-order valence-electron chi connectivity index (χ4n) is 2.89. The van der Waals surface area contributed by atoms with Crippen molar-refractivity contribution in [1.29, 1.82) is 0 Å². The van der Waals surface area contributed by atoms with Crippen LogP contribution in [0.2, 0.25) is 5.02 Å². The molecule has 3 rings (SSSR count). The molecule has 0 atom stereocenters. The molecule has 0 unspecified atom stereocenters. The smallest absolute Gasteiger partial charge is 0.330 e. The molecular weight excluding hydrogens is 318 g/mol. The van der Waals surface area contributed by atoms with Crippen molar-refractivity contribution in [2.75, 3.05) is 0 Å². The standard InChI is InChI=1S/C17H14ClNO4/c18-13-7-3-6-12(14(13)20)15(21)19-17(16(22)23)8-10-4-1-2-5-11(10)9-17/h1-7,20H,8-9H2,(H,19,21)(H,22,23). The summed E-state index contributed by atoms with van der Waals surface area (Å²) in [6.45, 7) is 0. The molecule has 3 N–H and O–H groups in total. The molecule has 118 valence electrons. The zero-order valence-corrected chi connectivity index (χ0v) is 12.8.